The third-order valence-corrected chi connectivity index (χ3v) is 4.60. The van der Waals surface area contributed by atoms with E-state index in [4.69, 9.17) is 16.3 Å². The van der Waals surface area contributed by atoms with Crippen LogP contribution in [0.4, 0.5) is 0 Å². The van der Waals surface area contributed by atoms with Crippen LogP contribution in [0.25, 0.3) is 0 Å². The van der Waals surface area contributed by atoms with E-state index in [0.29, 0.717) is 31.0 Å². The van der Waals surface area contributed by atoms with Gasteiger partial charge in [0, 0.05) is 24.5 Å². The Hall–Kier alpha value is -2.33. The van der Waals surface area contributed by atoms with Gasteiger partial charge in [-0.2, -0.15) is 0 Å². The number of rotatable bonds is 8. The van der Waals surface area contributed by atoms with Crippen LogP contribution < -0.4 is 0 Å². The Morgan fingerprint density at radius 3 is 2.38 bits per heavy atom. The topological polar surface area (TPSA) is 46.6 Å². The second-order valence-electron chi connectivity index (χ2n) is 6.22. The molecule has 0 aromatic heterocycles. The summed E-state index contributed by atoms with van der Waals surface area (Å²) in [7, 11) is 1.35. The highest BCUT2D eigenvalue weighted by molar-refractivity contribution is 6.31. The highest BCUT2D eigenvalue weighted by Crippen LogP contribution is 2.18. The Morgan fingerprint density at radius 1 is 1.04 bits per heavy atom. The molecule has 2 aromatic rings. The van der Waals surface area contributed by atoms with Gasteiger partial charge in [-0.05, 0) is 30.5 Å². The van der Waals surface area contributed by atoms with Crippen molar-refractivity contribution < 1.29 is 14.3 Å². The van der Waals surface area contributed by atoms with E-state index in [0.717, 1.165) is 11.1 Å². The summed E-state index contributed by atoms with van der Waals surface area (Å²) < 4.78 is 4.69. The van der Waals surface area contributed by atoms with Crippen molar-refractivity contribution in [1.29, 1.82) is 0 Å². The van der Waals surface area contributed by atoms with Gasteiger partial charge in [-0.25, -0.2) is 0 Å². The van der Waals surface area contributed by atoms with E-state index >= 15 is 0 Å². The fourth-order valence-corrected chi connectivity index (χ4v) is 2.81. The fourth-order valence-electron chi connectivity index (χ4n) is 2.62. The first-order valence-corrected chi connectivity index (χ1v) is 9.01. The maximum atomic E-state index is 12.7. The van der Waals surface area contributed by atoms with Gasteiger partial charge in [0.05, 0.1) is 13.5 Å². The average molecular weight is 374 g/mol. The molecule has 1 amide bonds. The second kappa shape index (κ2) is 9.97. The van der Waals surface area contributed by atoms with Crippen molar-refractivity contribution in [2.75, 3.05) is 13.7 Å². The molecule has 0 fully saturated rings. The Balaban J connectivity index is 2.03. The first-order chi connectivity index (χ1) is 12.5. The van der Waals surface area contributed by atoms with Crippen LogP contribution in [0, 0.1) is 6.92 Å². The van der Waals surface area contributed by atoms with Crippen LogP contribution in [0.15, 0.2) is 48.5 Å². The van der Waals surface area contributed by atoms with Crippen LogP contribution in [0.5, 0.6) is 0 Å². The molecule has 0 aliphatic rings. The lowest BCUT2D eigenvalue weighted by Gasteiger charge is -2.23. The standard InChI is InChI=1S/C21H24ClNO3/c1-16-7-9-17(10-8-16)11-12-20(24)23(14-13-21(25)26-2)15-18-5-3-4-6-19(18)22/h3-10H,11-15H2,1-2H3. The molecule has 0 atom stereocenters. The summed E-state index contributed by atoms with van der Waals surface area (Å²) in [5.41, 5.74) is 3.18. The summed E-state index contributed by atoms with van der Waals surface area (Å²) in [5, 5.41) is 0.613. The largest absolute Gasteiger partial charge is 0.469 e. The molecule has 2 aromatic carbocycles. The first-order valence-electron chi connectivity index (χ1n) is 8.63. The average Bonchev–Trinajstić information content (AvgIpc) is 2.65. The summed E-state index contributed by atoms with van der Waals surface area (Å²) >= 11 is 6.22. The molecule has 26 heavy (non-hydrogen) atoms. The van der Waals surface area contributed by atoms with Gasteiger partial charge in [0.2, 0.25) is 5.91 Å². The normalized spacial score (nSPS) is 10.4. The Kier molecular flexibility index (Phi) is 7.67. The van der Waals surface area contributed by atoms with Gasteiger partial charge in [0.25, 0.3) is 0 Å². The molecule has 4 nitrogen and oxygen atoms in total. The SMILES string of the molecule is COC(=O)CCN(Cc1ccccc1Cl)C(=O)CCc1ccc(C)cc1. The first kappa shape index (κ1) is 20.0. The molecule has 0 N–H and O–H groups in total. The number of ether oxygens (including phenoxy) is 1. The van der Waals surface area contributed by atoms with Gasteiger partial charge < -0.3 is 9.64 Å². The zero-order valence-electron chi connectivity index (χ0n) is 15.2. The molecule has 0 saturated carbocycles. The third-order valence-electron chi connectivity index (χ3n) is 4.23. The predicted molar refractivity (Wildman–Crippen MR) is 103 cm³/mol. The number of hydrogen-bond donors (Lipinski definition) is 0. The van der Waals surface area contributed by atoms with E-state index in [2.05, 4.69) is 0 Å². The van der Waals surface area contributed by atoms with Crippen molar-refractivity contribution in [3.63, 3.8) is 0 Å². The number of halogens is 1. The van der Waals surface area contributed by atoms with Gasteiger partial charge in [0.15, 0.2) is 0 Å². The molecular weight excluding hydrogens is 350 g/mol. The van der Waals surface area contributed by atoms with Crippen molar-refractivity contribution in [2.24, 2.45) is 0 Å². The van der Waals surface area contributed by atoms with Crippen LogP contribution >= 0.6 is 11.6 Å². The highest BCUT2D eigenvalue weighted by Gasteiger charge is 2.17. The Bertz CT molecular complexity index is 743. The molecule has 0 unspecified atom stereocenters. The Labute approximate surface area is 159 Å². The van der Waals surface area contributed by atoms with Gasteiger partial charge in [-0.15, -0.1) is 0 Å². The van der Waals surface area contributed by atoms with Crippen LogP contribution in [0.2, 0.25) is 5.02 Å². The minimum atomic E-state index is -0.333. The van der Waals surface area contributed by atoms with E-state index in [1.54, 1.807) is 11.0 Å². The van der Waals surface area contributed by atoms with Crippen molar-refractivity contribution in [2.45, 2.75) is 32.7 Å². The predicted octanol–water partition coefficient (Wildman–Crippen LogP) is 4.17. The third kappa shape index (κ3) is 6.19. The molecule has 0 saturated heterocycles. The number of carbonyl (C=O) groups excluding carboxylic acids is 2. The summed E-state index contributed by atoms with van der Waals surface area (Å²) in [6.07, 6.45) is 1.21. The van der Waals surface area contributed by atoms with E-state index in [1.807, 2.05) is 49.4 Å². The van der Waals surface area contributed by atoms with Gasteiger partial charge in [-0.1, -0.05) is 59.6 Å². The molecule has 138 valence electrons. The summed E-state index contributed by atoms with van der Waals surface area (Å²) in [4.78, 5) is 25.9. The van der Waals surface area contributed by atoms with Gasteiger partial charge in [-0.3, -0.25) is 9.59 Å². The van der Waals surface area contributed by atoms with Crippen molar-refractivity contribution in [3.8, 4) is 0 Å². The number of methoxy groups -OCH3 is 1. The van der Waals surface area contributed by atoms with E-state index in [1.165, 1.54) is 12.7 Å². The van der Waals surface area contributed by atoms with Gasteiger partial charge in [0.1, 0.15) is 0 Å². The number of carbonyl (C=O) groups is 2. The summed E-state index contributed by atoms with van der Waals surface area (Å²) in [5.74, 6) is -0.338. The molecule has 2 rings (SSSR count). The van der Waals surface area contributed by atoms with E-state index < -0.39 is 0 Å². The number of amides is 1. The number of benzene rings is 2. The zero-order valence-corrected chi connectivity index (χ0v) is 16.0. The number of aryl methyl sites for hydroxylation is 2. The number of hydrogen-bond acceptors (Lipinski definition) is 3. The maximum Gasteiger partial charge on any atom is 0.307 e. The Morgan fingerprint density at radius 2 is 1.73 bits per heavy atom. The van der Waals surface area contributed by atoms with Crippen LogP contribution in [0.3, 0.4) is 0 Å². The van der Waals surface area contributed by atoms with Gasteiger partial charge >= 0.3 is 5.97 Å². The molecule has 5 heteroatoms. The lowest BCUT2D eigenvalue weighted by atomic mass is 10.1. The molecule has 0 heterocycles. The number of nitrogens with zero attached hydrogens (tertiary/aromatic N) is 1. The van der Waals surface area contributed by atoms with Crippen molar-refractivity contribution >= 4 is 23.5 Å². The van der Waals surface area contributed by atoms with Crippen molar-refractivity contribution in [1.82, 2.24) is 4.90 Å². The monoisotopic (exact) mass is 373 g/mol. The molecular formula is C21H24ClNO3. The van der Waals surface area contributed by atoms with E-state index in [-0.39, 0.29) is 18.3 Å². The summed E-state index contributed by atoms with van der Waals surface area (Å²) in [6.45, 7) is 2.72. The summed E-state index contributed by atoms with van der Waals surface area (Å²) in [6, 6.07) is 15.6. The van der Waals surface area contributed by atoms with Crippen LogP contribution in [0.1, 0.15) is 29.5 Å². The molecule has 0 bridgehead atoms. The lowest BCUT2D eigenvalue weighted by Crippen LogP contribution is -2.33. The molecule has 0 aliphatic carbocycles. The van der Waals surface area contributed by atoms with Crippen LogP contribution in [-0.2, 0) is 27.3 Å². The zero-order chi connectivity index (χ0) is 18.9. The maximum absolute atomic E-state index is 12.7. The fraction of sp³-hybridized carbons (Fsp3) is 0.333. The minimum absolute atomic E-state index is 0.00519. The number of esters is 1. The second-order valence-corrected chi connectivity index (χ2v) is 6.63. The molecule has 0 radical (unpaired) electrons. The smallest absolute Gasteiger partial charge is 0.307 e. The lowest BCUT2D eigenvalue weighted by molar-refractivity contribution is -0.141. The molecule has 0 aliphatic heterocycles. The van der Waals surface area contributed by atoms with Crippen LogP contribution in [-0.4, -0.2) is 30.4 Å². The minimum Gasteiger partial charge on any atom is -0.469 e. The van der Waals surface area contributed by atoms with E-state index in [9.17, 15) is 9.59 Å². The quantitative estimate of drug-likeness (QED) is 0.652. The van der Waals surface area contributed by atoms with Crippen molar-refractivity contribution in [3.05, 3.63) is 70.2 Å². The highest BCUT2D eigenvalue weighted by atomic mass is 35.5. The molecule has 0 spiro atoms.